The molecule has 0 heterocycles. The molecule has 1 aliphatic rings. The molecule has 0 amide bonds. The van der Waals surface area contributed by atoms with E-state index >= 15 is 0 Å². The zero-order chi connectivity index (χ0) is 17.7. The highest BCUT2D eigenvalue weighted by molar-refractivity contribution is 6.40. The fourth-order valence-corrected chi connectivity index (χ4v) is 4.46. The summed E-state index contributed by atoms with van der Waals surface area (Å²) in [6.45, 7) is 0. The average molecular weight is 375 g/mol. The molecule has 5 rings (SSSR count). The van der Waals surface area contributed by atoms with Crippen LogP contribution in [-0.4, -0.2) is 5.88 Å². The van der Waals surface area contributed by atoms with Crippen LogP contribution in [0.15, 0.2) is 72.3 Å². The van der Waals surface area contributed by atoms with Gasteiger partial charge in [0.25, 0.3) is 0 Å². The van der Waals surface area contributed by atoms with Crippen molar-refractivity contribution in [1.29, 1.82) is 0 Å². The van der Waals surface area contributed by atoms with Crippen LogP contribution in [-0.2, 0) is 6.42 Å². The van der Waals surface area contributed by atoms with Gasteiger partial charge in [-0.25, -0.2) is 0 Å². The molecule has 0 saturated heterocycles. The van der Waals surface area contributed by atoms with Gasteiger partial charge < -0.3 is 0 Å². The van der Waals surface area contributed by atoms with Gasteiger partial charge in [0.2, 0.25) is 0 Å². The van der Waals surface area contributed by atoms with Gasteiger partial charge in [0, 0.05) is 16.7 Å². The van der Waals surface area contributed by atoms with Gasteiger partial charge in [-0.15, -0.1) is 11.6 Å². The molecule has 0 atom stereocenters. The van der Waals surface area contributed by atoms with Crippen LogP contribution in [0.3, 0.4) is 0 Å². The van der Waals surface area contributed by atoms with Crippen molar-refractivity contribution < 1.29 is 0 Å². The quantitative estimate of drug-likeness (QED) is 0.251. The molecular weight excluding hydrogens is 359 g/mol. The third kappa shape index (κ3) is 2.45. The van der Waals surface area contributed by atoms with Crippen LogP contribution < -0.4 is 0 Å². The molecule has 126 valence electrons. The van der Waals surface area contributed by atoms with Crippen LogP contribution in [0.25, 0.3) is 38.7 Å². The molecule has 1 aliphatic carbocycles. The first-order valence-electron chi connectivity index (χ1n) is 8.73. The van der Waals surface area contributed by atoms with Crippen molar-refractivity contribution in [3.05, 3.63) is 88.5 Å². The Kier molecular flexibility index (Phi) is 3.77. The van der Waals surface area contributed by atoms with Gasteiger partial charge >= 0.3 is 0 Å². The Morgan fingerprint density at radius 1 is 0.808 bits per heavy atom. The zero-order valence-corrected chi connectivity index (χ0v) is 15.6. The molecule has 0 bridgehead atoms. The van der Waals surface area contributed by atoms with Crippen molar-refractivity contribution in [2.75, 3.05) is 5.88 Å². The number of rotatable bonds is 2. The van der Waals surface area contributed by atoms with E-state index in [-0.39, 0.29) is 0 Å². The summed E-state index contributed by atoms with van der Waals surface area (Å²) in [5, 5.41) is 5.36. The molecule has 0 aliphatic heterocycles. The van der Waals surface area contributed by atoms with Crippen LogP contribution >= 0.6 is 23.2 Å². The summed E-state index contributed by atoms with van der Waals surface area (Å²) in [4.78, 5) is 0. The maximum Gasteiger partial charge on any atom is 0.0562 e. The van der Waals surface area contributed by atoms with Gasteiger partial charge in [0.05, 0.1) is 5.02 Å². The second-order valence-electron chi connectivity index (χ2n) is 6.84. The molecule has 0 saturated carbocycles. The summed E-state index contributed by atoms with van der Waals surface area (Å²) in [5.74, 6) is 0.587. The van der Waals surface area contributed by atoms with Crippen molar-refractivity contribution >= 4 is 50.8 Å². The first kappa shape index (κ1) is 15.9. The third-order valence-corrected chi connectivity index (χ3v) is 5.99. The van der Waals surface area contributed by atoms with E-state index in [0.29, 0.717) is 5.88 Å². The smallest absolute Gasteiger partial charge is 0.0562 e. The number of benzene rings is 4. The van der Waals surface area contributed by atoms with Crippen LogP contribution in [0, 0.1) is 0 Å². The molecular formula is C24H16Cl2. The van der Waals surface area contributed by atoms with Crippen molar-refractivity contribution in [2.24, 2.45) is 0 Å². The highest BCUT2D eigenvalue weighted by Gasteiger charge is 2.16. The summed E-state index contributed by atoms with van der Waals surface area (Å²) in [7, 11) is 0. The minimum atomic E-state index is 0.587. The van der Waals surface area contributed by atoms with Gasteiger partial charge in [-0.1, -0.05) is 77.8 Å². The maximum atomic E-state index is 6.77. The number of hydrogen-bond donors (Lipinski definition) is 0. The standard InChI is InChI=1S/C24H16Cl2/c25-14-15-10-16-5-3-7-20(22(16)11-15)19-9-8-18-12-17-4-1-2-6-21(17)24(26)23(18)13-19/h1-9,11-13H,10,14H2. The van der Waals surface area contributed by atoms with Gasteiger partial charge in [-0.05, 0) is 51.6 Å². The minimum absolute atomic E-state index is 0.587. The Labute approximate surface area is 162 Å². The number of alkyl halides is 1. The van der Waals surface area contributed by atoms with Crippen LogP contribution in [0.1, 0.15) is 11.1 Å². The fourth-order valence-electron chi connectivity index (χ4n) is 3.95. The van der Waals surface area contributed by atoms with Crippen LogP contribution in [0.4, 0.5) is 0 Å². The second-order valence-corrected chi connectivity index (χ2v) is 7.48. The largest absolute Gasteiger partial charge is 0.122 e. The topological polar surface area (TPSA) is 0 Å². The molecule has 4 aromatic rings. The molecule has 4 aromatic carbocycles. The molecule has 0 N–H and O–H groups in total. The lowest BCUT2D eigenvalue weighted by Gasteiger charge is -2.11. The van der Waals surface area contributed by atoms with Crippen LogP contribution in [0.5, 0.6) is 0 Å². The van der Waals surface area contributed by atoms with E-state index < -0.39 is 0 Å². The zero-order valence-electron chi connectivity index (χ0n) is 14.1. The molecule has 0 spiro atoms. The highest BCUT2D eigenvalue weighted by atomic mass is 35.5. The lowest BCUT2D eigenvalue weighted by molar-refractivity contribution is 1.20. The Morgan fingerprint density at radius 3 is 2.54 bits per heavy atom. The number of hydrogen-bond acceptors (Lipinski definition) is 0. The summed E-state index contributed by atoms with van der Waals surface area (Å²) in [6.07, 6.45) is 3.19. The number of fused-ring (bicyclic) bond motifs is 3. The fraction of sp³-hybridized carbons (Fsp3) is 0.0833. The summed E-state index contributed by atoms with van der Waals surface area (Å²) < 4.78 is 0. The van der Waals surface area contributed by atoms with Crippen molar-refractivity contribution in [3.63, 3.8) is 0 Å². The lowest BCUT2D eigenvalue weighted by Crippen LogP contribution is -1.88. The Bertz CT molecular complexity index is 1200. The summed E-state index contributed by atoms with van der Waals surface area (Å²) in [6, 6.07) is 23.6. The molecule has 0 aromatic heterocycles. The van der Waals surface area contributed by atoms with Crippen LogP contribution in [0.2, 0.25) is 5.02 Å². The molecule has 0 fully saturated rings. The average Bonchev–Trinajstić information content (AvgIpc) is 3.11. The number of allylic oxidation sites excluding steroid dienone is 1. The Balaban J connectivity index is 1.75. The normalized spacial score (nSPS) is 13.2. The van der Waals surface area contributed by atoms with Crippen molar-refractivity contribution in [2.45, 2.75) is 6.42 Å². The molecule has 2 heteroatoms. The van der Waals surface area contributed by atoms with Gasteiger partial charge in [-0.3, -0.25) is 0 Å². The highest BCUT2D eigenvalue weighted by Crippen LogP contribution is 2.38. The minimum Gasteiger partial charge on any atom is -0.122 e. The molecule has 0 nitrogen and oxygen atoms in total. The SMILES string of the molecule is ClCC1=Cc2c(cccc2-c2ccc3cc4ccccc4c(Cl)c3c2)C1. The predicted octanol–water partition coefficient (Wildman–Crippen LogP) is 7.49. The van der Waals surface area contributed by atoms with E-state index in [2.05, 4.69) is 60.7 Å². The van der Waals surface area contributed by atoms with Gasteiger partial charge in [-0.2, -0.15) is 0 Å². The van der Waals surface area contributed by atoms with Gasteiger partial charge in [0.15, 0.2) is 0 Å². The van der Waals surface area contributed by atoms with Gasteiger partial charge in [0.1, 0.15) is 0 Å². The van der Waals surface area contributed by atoms with E-state index in [9.17, 15) is 0 Å². The van der Waals surface area contributed by atoms with E-state index in [0.717, 1.165) is 22.2 Å². The Hall–Kier alpha value is -2.28. The maximum absolute atomic E-state index is 6.77. The van der Waals surface area contributed by atoms with E-state index in [1.807, 2.05) is 12.1 Å². The second kappa shape index (κ2) is 6.16. The summed E-state index contributed by atoms with van der Waals surface area (Å²) in [5.41, 5.74) is 6.36. The third-order valence-electron chi connectivity index (χ3n) is 5.24. The monoisotopic (exact) mass is 374 g/mol. The Morgan fingerprint density at radius 2 is 1.65 bits per heavy atom. The number of halogens is 2. The van der Waals surface area contributed by atoms with Crippen molar-refractivity contribution in [1.82, 2.24) is 0 Å². The predicted molar refractivity (Wildman–Crippen MR) is 114 cm³/mol. The van der Waals surface area contributed by atoms with Crippen molar-refractivity contribution in [3.8, 4) is 11.1 Å². The lowest BCUT2D eigenvalue weighted by atomic mass is 9.94. The van der Waals surface area contributed by atoms with E-state index in [4.69, 9.17) is 23.2 Å². The van der Waals surface area contributed by atoms with E-state index in [1.54, 1.807) is 0 Å². The molecule has 26 heavy (non-hydrogen) atoms. The van der Waals surface area contributed by atoms with E-state index in [1.165, 1.54) is 38.6 Å². The summed E-state index contributed by atoms with van der Waals surface area (Å²) >= 11 is 12.8. The molecule has 0 unspecified atom stereocenters. The first-order chi connectivity index (χ1) is 12.7. The first-order valence-corrected chi connectivity index (χ1v) is 9.64. The molecule has 0 radical (unpaired) electrons.